The number of non-ortho nitro benzene ring substituents is 1. The zero-order valence-electron chi connectivity index (χ0n) is 10.3. The molecule has 2 aromatic carbocycles. The maximum absolute atomic E-state index is 13.6. The van der Waals surface area contributed by atoms with Gasteiger partial charge in [0.15, 0.2) is 0 Å². The second kappa shape index (κ2) is 6.19. The first kappa shape index (κ1) is 15.4. The van der Waals surface area contributed by atoms with Gasteiger partial charge < -0.3 is 5.32 Å². The lowest BCUT2D eigenvalue weighted by Crippen LogP contribution is -2.13. The van der Waals surface area contributed by atoms with Crippen LogP contribution in [0.25, 0.3) is 0 Å². The van der Waals surface area contributed by atoms with Crippen LogP contribution in [0.5, 0.6) is 0 Å². The first-order chi connectivity index (χ1) is 9.88. The fourth-order valence-corrected chi connectivity index (χ4v) is 2.21. The van der Waals surface area contributed by atoms with Crippen LogP contribution in [0.1, 0.15) is 10.4 Å². The van der Waals surface area contributed by atoms with E-state index in [9.17, 15) is 19.3 Å². The van der Waals surface area contributed by atoms with Crippen molar-refractivity contribution in [2.75, 3.05) is 5.32 Å². The third kappa shape index (κ3) is 3.56. The molecule has 0 bridgehead atoms. The summed E-state index contributed by atoms with van der Waals surface area (Å²) >= 11 is 9.00. The van der Waals surface area contributed by atoms with Crippen molar-refractivity contribution in [1.82, 2.24) is 0 Å². The van der Waals surface area contributed by atoms with E-state index in [2.05, 4.69) is 21.2 Å². The number of anilines is 1. The molecule has 0 unspecified atom stereocenters. The van der Waals surface area contributed by atoms with Crippen molar-refractivity contribution in [2.45, 2.75) is 0 Å². The van der Waals surface area contributed by atoms with Crippen molar-refractivity contribution in [3.8, 4) is 0 Å². The topological polar surface area (TPSA) is 72.2 Å². The van der Waals surface area contributed by atoms with Crippen molar-refractivity contribution in [3.05, 3.63) is 67.4 Å². The van der Waals surface area contributed by atoms with Crippen LogP contribution in [0, 0.1) is 15.9 Å². The van der Waals surface area contributed by atoms with Gasteiger partial charge in [-0.2, -0.15) is 0 Å². The lowest BCUT2D eigenvalue weighted by Gasteiger charge is -2.08. The highest BCUT2D eigenvalue weighted by molar-refractivity contribution is 9.10. The normalized spacial score (nSPS) is 10.2. The third-order valence-corrected chi connectivity index (χ3v) is 3.39. The molecule has 0 atom stereocenters. The van der Waals surface area contributed by atoms with Gasteiger partial charge in [-0.05, 0) is 24.3 Å². The van der Waals surface area contributed by atoms with Crippen LogP contribution in [0.2, 0.25) is 5.02 Å². The number of nitrogens with zero attached hydrogens (tertiary/aromatic N) is 1. The van der Waals surface area contributed by atoms with E-state index in [0.29, 0.717) is 4.47 Å². The molecule has 21 heavy (non-hydrogen) atoms. The molecular weight excluding hydrogens is 367 g/mol. The SMILES string of the molecule is O=C(Nc1cc(Br)ccc1F)c1ccc([N+](=O)[O-])cc1Cl. The Morgan fingerprint density at radius 1 is 1.29 bits per heavy atom. The highest BCUT2D eigenvalue weighted by atomic mass is 79.9. The van der Waals surface area contributed by atoms with E-state index in [-0.39, 0.29) is 22.0 Å². The second-order valence-corrected chi connectivity index (χ2v) is 5.32. The predicted molar refractivity (Wildman–Crippen MR) is 80.2 cm³/mol. The Kier molecular flexibility index (Phi) is 4.54. The van der Waals surface area contributed by atoms with Crippen LogP contribution in [0.15, 0.2) is 40.9 Å². The molecule has 0 aromatic heterocycles. The second-order valence-electron chi connectivity index (χ2n) is 4.00. The Bertz CT molecular complexity index is 739. The minimum absolute atomic E-state index is 0.0154. The summed E-state index contributed by atoms with van der Waals surface area (Å²) in [6.07, 6.45) is 0. The van der Waals surface area contributed by atoms with Crippen LogP contribution >= 0.6 is 27.5 Å². The number of nitro benzene ring substituents is 1. The molecule has 2 aromatic rings. The van der Waals surface area contributed by atoms with Gasteiger partial charge in [-0.3, -0.25) is 14.9 Å². The number of nitro groups is 1. The first-order valence-corrected chi connectivity index (χ1v) is 6.76. The molecule has 5 nitrogen and oxygen atoms in total. The third-order valence-electron chi connectivity index (χ3n) is 2.58. The lowest BCUT2D eigenvalue weighted by molar-refractivity contribution is -0.384. The molecule has 0 heterocycles. The molecule has 0 saturated carbocycles. The van der Waals surface area contributed by atoms with Crippen LogP contribution in [0.4, 0.5) is 15.8 Å². The number of benzene rings is 2. The lowest BCUT2D eigenvalue weighted by atomic mass is 10.2. The number of carbonyl (C=O) groups excluding carboxylic acids is 1. The van der Waals surface area contributed by atoms with Gasteiger partial charge in [-0.25, -0.2) is 4.39 Å². The van der Waals surface area contributed by atoms with Crippen molar-refractivity contribution in [1.29, 1.82) is 0 Å². The van der Waals surface area contributed by atoms with Crippen molar-refractivity contribution >= 4 is 44.8 Å². The number of amides is 1. The summed E-state index contributed by atoms with van der Waals surface area (Å²) in [5.41, 5.74) is -0.240. The molecule has 2 rings (SSSR count). The van der Waals surface area contributed by atoms with Crippen molar-refractivity contribution < 1.29 is 14.1 Å². The summed E-state index contributed by atoms with van der Waals surface area (Å²) in [5, 5.41) is 12.9. The summed E-state index contributed by atoms with van der Waals surface area (Å²) in [6, 6.07) is 7.50. The van der Waals surface area contributed by atoms with Gasteiger partial charge >= 0.3 is 0 Å². The van der Waals surface area contributed by atoms with Crippen molar-refractivity contribution in [3.63, 3.8) is 0 Å². The fraction of sp³-hybridized carbons (Fsp3) is 0. The molecule has 1 N–H and O–H groups in total. The molecule has 0 radical (unpaired) electrons. The van der Waals surface area contributed by atoms with Gasteiger partial charge in [-0.15, -0.1) is 0 Å². The van der Waals surface area contributed by atoms with Gasteiger partial charge in [0.05, 0.1) is 21.2 Å². The first-order valence-electron chi connectivity index (χ1n) is 5.59. The zero-order valence-corrected chi connectivity index (χ0v) is 12.6. The molecule has 0 fully saturated rings. The van der Waals surface area contributed by atoms with Gasteiger partial charge in [0.1, 0.15) is 5.82 Å². The summed E-state index contributed by atoms with van der Waals surface area (Å²) in [6.45, 7) is 0. The maximum atomic E-state index is 13.6. The van der Waals surface area contributed by atoms with E-state index in [4.69, 9.17) is 11.6 Å². The molecule has 1 amide bonds. The largest absolute Gasteiger partial charge is 0.319 e. The molecule has 0 aliphatic rings. The minimum atomic E-state index is -0.660. The van der Waals surface area contributed by atoms with E-state index in [1.54, 1.807) is 0 Å². The van der Waals surface area contributed by atoms with Gasteiger partial charge in [0.2, 0.25) is 0 Å². The van der Waals surface area contributed by atoms with E-state index in [1.165, 1.54) is 24.3 Å². The van der Waals surface area contributed by atoms with E-state index >= 15 is 0 Å². The van der Waals surface area contributed by atoms with Gasteiger partial charge in [0, 0.05) is 16.6 Å². The average Bonchev–Trinajstić information content (AvgIpc) is 2.42. The number of halogens is 3. The fourth-order valence-electron chi connectivity index (χ4n) is 1.58. The van der Waals surface area contributed by atoms with Crippen LogP contribution in [-0.2, 0) is 0 Å². The monoisotopic (exact) mass is 372 g/mol. The molecule has 0 saturated heterocycles. The molecule has 0 aliphatic carbocycles. The van der Waals surface area contributed by atoms with Gasteiger partial charge in [0.25, 0.3) is 11.6 Å². The van der Waals surface area contributed by atoms with Crippen molar-refractivity contribution in [2.24, 2.45) is 0 Å². The standard InChI is InChI=1S/C13H7BrClFN2O3/c14-7-1-4-11(16)12(5-7)17-13(19)9-3-2-8(18(20)21)6-10(9)15/h1-6H,(H,17,19). The molecule has 0 aliphatic heterocycles. The summed E-state index contributed by atoms with van der Waals surface area (Å²) in [4.78, 5) is 22.0. The quantitative estimate of drug-likeness (QED) is 0.640. The molecule has 108 valence electrons. The van der Waals surface area contributed by atoms with Crippen LogP contribution in [-0.4, -0.2) is 10.8 Å². The average molecular weight is 374 g/mol. The number of carbonyl (C=O) groups is 1. The maximum Gasteiger partial charge on any atom is 0.270 e. The van der Waals surface area contributed by atoms with Gasteiger partial charge in [-0.1, -0.05) is 27.5 Å². The highest BCUT2D eigenvalue weighted by Gasteiger charge is 2.16. The van der Waals surface area contributed by atoms with E-state index < -0.39 is 16.6 Å². The van der Waals surface area contributed by atoms with Crippen LogP contribution < -0.4 is 5.32 Å². The number of hydrogen-bond donors (Lipinski definition) is 1. The number of nitrogens with one attached hydrogen (secondary N) is 1. The highest BCUT2D eigenvalue weighted by Crippen LogP contribution is 2.25. The minimum Gasteiger partial charge on any atom is -0.319 e. The Balaban J connectivity index is 2.28. The molecule has 8 heteroatoms. The summed E-state index contributed by atoms with van der Waals surface area (Å²) < 4.78 is 14.2. The molecular formula is C13H7BrClFN2O3. The molecule has 0 spiro atoms. The number of hydrogen-bond acceptors (Lipinski definition) is 3. The Labute approximate surface area is 132 Å². The smallest absolute Gasteiger partial charge is 0.270 e. The number of rotatable bonds is 3. The summed E-state index contributed by atoms with van der Waals surface area (Å²) in [5.74, 6) is -1.27. The zero-order chi connectivity index (χ0) is 15.6. The predicted octanol–water partition coefficient (Wildman–Crippen LogP) is 4.40. The van der Waals surface area contributed by atoms with Crippen LogP contribution in [0.3, 0.4) is 0 Å². The Morgan fingerprint density at radius 3 is 2.62 bits per heavy atom. The van der Waals surface area contributed by atoms with E-state index in [1.807, 2.05) is 0 Å². The summed E-state index contributed by atoms with van der Waals surface area (Å²) in [7, 11) is 0. The Hall–Kier alpha value is -1.99. The van der Waals surface area contributed by atoms with E-state index in [0.717, 1.165) is 12.1 Å². The Morgan fingerprint density at radius 2 is 2.00 bits per heavy atom.